The fraction of sp³-hybridized carbons (Fsp3) is 0.222. The number of carbonyl (C=O) groups excluding carboxylic acids is 2. The van der Waals surface area contributed by atoms with Crippen molar-refractivity contribution in [2.24, 2.45) is 0 Å². The Balaban J connectivity index is 2.18. The monoisotopic (exact) mass is 395 g/mol. The molecule has 7 nitrogen and oxygen atoms in total. The van der Waals surface area contributed by atoms with Gasteiger partial charge in [-0.3, -0.25) is 19.7 Å². The molecule has 2 amide bonds. The van der Waals surface area contributed by atoms with Gasteiger partial charge in [-0.1, -0.05) is 6.07 Å². The van der Waals surface area contributed by atoms with Crippen molar-refractivity contribution in [2.75, 3.05) is 12.4 Å². The van der Waals surface area contributed by atoms with Gasteiger partial charge >= 0.3 is 11.8 Å². The molecular formula is C18H16F3N3O4. The summed E-state index contributed by atoms with van der Waals surface area (Å²) in [6.45, 7) is 2.68. The van der Waals surface area contributed by atoms with Crippen LogP contribution in [0.5, 0.6) is 0 Å². The lowest BCUT2D eigenvalue weighted by Gasteiger charge is -2.18. The van der Waals surface area contributed by atoms with Crippen molar-refractivity contribution in [3.8, 4) is 0 Å². The molecule has 0 atom stereocenters. The number of nitrogens with zero attached hydrogens (tertiary/aromatic N) is 2. The molecule has 1 N–H and O–H groups in total. The molecule has 0 unspecified atom stereocenters. The van der Waals surface area contributed by atoms with Gasteiger partial charge in [-0.25, -0.2) is 13.2 Å². The van der Waals surface area contributed by atoms with Crippen molar-refractivity contribution in [1.82, 2.24) is 4.90 Å². The first-order valence-corrected chi connectivity index (χ1v) is 7.97. The van der Waals surface area contributed by atoms with Gasteiger partial charge in [0.25, 0.3) is 5.69 Å². The van der Waals surface area contributed by atoms with Crippen molar-refractivity contribution in [1.29, 1.82) is 0 Å². The van der Waals surface area contributed by atoms with Gasteiger partial charge in [-0.15, -0.1) is 0 Å². The van der Waals surface area contributed by atoms with Crippen molar-refractivity contribution < 1.29 is 27.7 Å². The van der Waals surface area contributed by atoms with Gasteiger partial charge in [0.1, 0.15) is 0 Å². The van der Waals surface area contributed by atoms with E-state index in [1.165, 1.54) is 26.1 Å². The summed E-state index contributed by atoms with van der Waals surface area (Å²) in [4.78, 5) is 35.8. The molecule has 0 fully saturated rings. The quantitative estimate of drug-likeness (QED) is 0.372. The molecule has 0 radical (unpaired) electrons. The van der Waals surface area contributed by atoms with E-state index >= 15 is 0 Å². The molecule has 28 heavy (non-hydrogen) atoms. The minimum Gasteiger partial charge on any atom is -0.333 e. The van der Waals surface area contributed by atoms with E-state index in [-0.39, 0.29) is 29.0 Å². The Morgan fingerprint density at radius 2 is 1.71 bits per heavy atom. The molecule has 10 heteroatoms. The van der Waals surface area contributed by atoms with Crippen LogP contribution in [0.25, 0.3) is 0 Å². The number of benzene rings is 2. The summed E-state index contributed by atoms with van der Waals surface area (Å²) in [5.74, 6) is -6.59. The van der Waals surface area contributed by atoms with E-state index in [0.29, 0.717) is 5.56 Å². The highest BCUT2D eigenvalue weighted by Crippen LogP contribution is 2.28. The van der Waals surface area contributed by atoms with Crippen molar-refractivity contribution in [2.45, 2.75) is 20.4 Å². The lowest BCUT2D eigenvalue weighted by molar-refractivity contribution is -0.385. The van der Waals surface area contributed by atoms with Gasteiger partial charge in [0.05, 0.1) is 16.2 Å². The van der Waals surface area contributed by atoms with Gasteiger partial charge < -0.3 is 10.2 Å². The normalized spacial score (nSPS) is 10.5. The lowest BCUT2D eigenvalue weighted by Crippen LogP contribution is -2.37. The Bertz CT molecular complexity index is 956. The number of hydrogen-bond donors (Lipinski definition) is 1. The Labute approximate surface area is 157 Å². The smallest absolute Gasteiger partial charge is 0.313 e. The topological polar surface area (TPSA) is 92.5 Å². The van der Waals surface area contributed by atoms with Crippen LogP contribution in [0.4, 0.5) is 24.5 Å². The van der Waals surface area contributed by atoms with Gasteiger partial charge in [-0.05, 0) is 37.1 Å². The molecule has 0 bridgehead atoms. The number of anilines is 1. The average molecular weight is 395 g/mol. The summed E-state index contributed by atoms with van der Waals surface area (Å²) < 4.78 is 39.6. The average Bonchev–Trinajstić information content (AvgIpc) is 2.61. The molecule has 2 aromatic rings. The summed E-state index contributed by atoms with van der Waals surface area (Å²) in [5.41, 5.74) is 0.535. The van der Waals surface area contributed by atoms with Crippen LogP contribution in [0, 0.1) is 41.4 Å². The van der Waals surface area contributed by atoms with Crippen LogP contribution >= 0.6 is 0 Å². The van der Waals surface area contributed by atoms with Crippen LogP contribution in [-0.4, -0.2) is 28.7 Å². The molecule has 0 saturated carbocycles. The second-order valence-electron chi connectivity index (χ2n) is 6.15. The van der Waals surface area contributed by atoms with Gasteiger partial charge in [0.2, 0.25) is 0 Å². The molecule has 0 saturated heterocycles. The second-order valence-corrected chi connectivity index (χ2v) is 6.15. The molecule has 0 aliphatic rings. The maximum Gasteiger partial charge on any atom is 0.313 e. The summed E-state index contributed by atoms with van der Waals surface area (Å²) in [6.07, 6.45) is 0. The highest BCUT2D eigenvalue weighted by Gasteiger charge is 2.23. The number of carbonyl (C=O) groups is 2. The summed E-state index contributed by atoms with van der Waals surface area (Å²) >= 11 is 0. The molecule has 0 heterocycles. The van der Waals surface area contributed by atoms with Crippen molar-refractivity contribution in [3.63, 3.8) is 0 Å². The van der Waals surface area contributed by atoms with Gasteiger partial charge in [0.15, 0.2) is 17.5 Å². The maximum atomic E-state index is 13.3. The second kappa shape index (κ2) is 8.07. The third kappa shape index (κ3) is 4.27. The van der Waals surface area contributed by atoms with Crippen molar-refractivity contribution in [3.05, 3.63) is 68.5 Å². The number of likely N-dealkylation sites (N-methyl/N-ethyl adjacent to an activating group) is 1. The molecule has 0 spiro atoms. The van der Waals surface area contributed by atoms with Crippen LogP contribution in [0.1, 0.15) is 16.7 Å². The summed E-state index contributed by atoms with van der Waals surface area (Å²) in [6, 6.07) is 4.15. The third-order valence-electron chi connectivity index (χ3n) is 4.08. The number of hydrogen-bond acceptors (Lipinski definition) is 4. The highest BCUT2D eigenvalue weighted by atomic mass is 19.2. The first-order valence-electron chi connectivity index (χ1n) is 7.97. The largest absolute Gasteiger partial charge is 0.333 e. The molecular weight excluding hydrogens is 379 g/mol. The third-order valence-corrected chi connectivity index (χ3v) is 4.08. The number of aryl methyl sites for hydroxylation is 1. The number of nitro benzene ring substituents is 1. The first kappa shape index (κ1) is 20.9. The zero-order valence-corrected chi connectivity index (χ0v) is 15.2. The van der Waals surface area contributed by atoms with E-state index in [9.17, 15) is 32.9 Å². The Morgan fingerprint density at radius 1 is 1.14 bits per heavy atom. The number of rotatable bonds is 4. The van der Waals surface area contributed by atoms with Crippen LogP contribution in [0.15, 0.2) is 24.3 Å². The highest BCUT2D eigenvalue weighted by molar-refractivity contribution is 6.39. The minimum absolute atomic E-state index is 0.0530. The summed E-state index contributed by atoms with van der Waals surface area (Å²) in [7, 11) is 1.22. The van der Waals surface area contributed by atoms with E-state index in [2.05, 4.69) is 5.32 Å². The number of halogens is 3. The lowest BCUT2D eigenvalue weighted by atomic mass is 10.1. The van der Waals surface area contributed by atoms with Crippen LogP contribution in [0.3, 0.4) is 0 Å². The zero-order valence-electron chi connectivity index (χ0n) is 15.2. The van der Waals surface area contributed by atoms with E-state index < -0.39 is 34.2 Å². The zero-order chi connectivity index (χ0) is 21.2. The van der Waals surface area contributed by atoms with Crippen LogP contribution in [0.2, 0.25) is 0 Å². The predicted octanol–water partition coefficient (Wildman–Crippen LogP) is 3.23. The SMILES string of the molecule is Cc1ccc([N+](=O)[O-])c(C)c1NC(=O)C(=O)N(C)Cc1cc(F)c(F)c(F)c1. The Morgan fingerprint density at radius 3 is 2.25 bits per heavy atom. The number of nitro groups is 1. The Kier molecular flexibility index (Phi) is 6.02. The maximum absolute atomic E-state index is 13.3. The van der Waals surface area contributed by atoms with E-state index in [0.717, 1.165) is 17.0 Å². The molecule has 0 aromatic heterocycles. The predicted molar refractivity (Wildman–Crippen MR) is 94.0 cm³/mol. The van der Waals surface area contributed by atoms with E-state index in [1.807, 2.05) is 0 Å². The summed E-state index contributed by atoms with van der Waals surface area (Å²) in [5, 5.41) is 13.4. The molecule has 148 valence electrons. The van der Waals surface area contributed by atoms with E-state index in [4.69, 9.17) is 0 Å². The standard InChI is InChI=1S/C18H16F3N3O4/c1-9-4-5-14(24(27)28)10(2)16(9)22-17(25)18(26)23(3)8-11-6-12(19)15(21)13(20)7-11/h4-7H,8H2,1-3H3,(H,22,25). The molecule has 0 aliphatic carbocycles. The molecule has 2 rings (SSSR count). The number of amides is 2. The molecule has 0 aliphatic heterocycles. The fourth-order valence-electron chi connectivity index (χ4n) is 2.61. The van der Waals surface area contributed by atoms with E-state index in [1.54, 1.807) is 6.92 Å². The van der Waals surface area contributed by atoms with Crippen LogP contribution < -0.4 is 5.32 Å². The molecule has 2 aromatic carbocycles. The minimum atomic E-state index is -1.63. The first-order chi connectivity index (χ1) is 13.0. The van der Waals surface area contributed by atoms with Crippen LogP contribution in [-0.2, 0) is 16.1 Å². The number of nitrogens with one attached hydrogen (secondary N) is 1. The van der Waals surface area contributed by atoms with Gasteiger partial charge in [-0.2, -0.15) is 0 Å². The van der Waals surface area contributed by atoms with Crippen molar-refractivity contribution >= 4 is 23.2 Å². The van der Waals surface area contributed by atoms with Gasteiger partial charge in [0, 0.05) is 19.7 Å². The Hall–Kier alpha value is -3.43. The fourth-order valence-corrected chi connectivity index (χ4v) is 2.61.